The van der Waals surface area contributed by atoms with E-state index in [1.165, 1.54) is 18.9 Å². The lowest BCUT2D eigenvalue weighted by Crippen LogP contribution is -2.21. The maximum Gasteiger partial charge on any atom is 0.288 e. The quantitative estimate of drug-likeness (QED) is 0.649. The zero-order chi connectivity index (χ0) is 12.5. The van der Waals surface area contributed by atoms with Gasteiger partial charge in [-0.25, -0.2) is 0 Å². The van der Waals surface area contributed by atoms with Gasteiger partial charge in [0.2, 0.25) is 0 Å². The van der Waals surface area contributed by atoms with Gasteiger partial charge in [0, 0.05) is 19.2 Å². The fourth-order valence-corrected chi connectivity index (χ4v) is 1.89. The van der Waals surface area contributed by atoms with Gasteiger partial charge in [-0.3, -0.25) is 10.1 Å². The Bertz CT molecular complexity index is 444. The number of nitro groups is 1. The smallest absolute Gasteiger partial charge is 0.288 e. The minimum Gasteiger partial charge on any atom is -0.312 e. The SMILES string of the molecule is CC1(CNCc2ccc(Cl)c([N+](=O)[O-])c2)CC1. The largest absolute Gasteiger partial charge is 0.312 e. The normalized spacial score (nSPS) is 16.8. The minimum absolute atomic E-state index is 0.0244. The molecule has 0 heterocycles. The van der Waals surface area contributed by atoms with E-state index in [2.05, 4.69) is 12.2 Å². The van der Waals surface area contributed by atoms with Crippen molar-refractivity contribution in [1.29, 1.82) is 0 Å². The number of nitrogens with zero attached hydrogens (tertiary/aromatic N) is 1. The predicted molar refractivity (Wildman–Crippen MR) is 67.2 cm³/mol. The lowest BCUT2D eigenvalue weighted by molar-refractivity contribution is -0.384. The van der Waals surface area contributed by atoms with Crippen LogP contribution in [0.4, 0.5) is 5.69 Å². The summed E-state index contributed by atoms with van der Waals surface area (Å²) in [6.45, 7) is 3.85. The van der Waals surface area contributed by atoms with Crippen LogP contribution in [0, 0.1) is 15.5 Å². The molecule has 5 heteroatoms. The molecule has 17 heavy (non-hydrogen) atoms. The van der Waals surface area contributed by atoms with Crippen molar-refractivity contribution in [1.82, 2.24) is 5.32 Å². The van der Waals surface area contributed by atoms with Crippen LogP contribution in [0.25, 0.3) is 0 Å². The topological polar surface area (TPSA) is 55.2 Å². The third kappa shape index (κ3) is 3.17. The maximum atomic E-state index is 10.7. The molecule has 1 aliphatic carbocycles. The Morgan fingerprint density at radius 2 is 2.24 bits per heavy atom. The van der Waals surface area contributed by atoms with Gasteiger partial charge in [-0.05, 0) is 29.9 Å². The molecule has 0 bridgehead atoms. The number of nitrogens with one attached hydrogen (secondary N) is 1. The van der Waals surface area contributed by atoms with Crippen molar-refractivity contribution in [2.75, 3.05) is 6.54 Å². The molecule has 92 valence electrons. The zero-order valence-corrected chi connectivity index (χ0v) is 10.5. The highest BCUT2D eigenvalue weighted by molar-refractivity contribution is 6.32. The van der Waals surface area contributed by atoms with Crippen molar-refractivity contribution < 1.29 is 4.92 Å². The maximum absolute atomic E-state index is 10.7. The lowest BCUT2D eigenvalue weighted by Gasteiger charge is -2.09. The summed E-state index contributed by atoms with van der Waals surface area (Å²) in [5.74, 6) is 0. The average molecular weight is 255 g/mol. The van der Waals surface area contributed by atoms with Gasteiger partial charge in [0.15, 0.2) is 0 Å². The first kappa shape index (κ1) is 12.3. The van der Waals surface area contributed by atoms with Crippen molar-refractivity contribution in [3.63, 3.8) is 0 Å². The number of benzene rings is 1. The Kier molecular flexibility index (Phi) is 3.35. The zero-order valence-electron chi connectivity index (χ0n) is 9.70. The van der Waals surface area contributed by atoms with Crippen LogP contribution in [0.5, 0.6) is 0 Å². The first-order valence-corrected chi connectivity index (χ1v) is 6.02. The molecule has 0 atom stereocenters. The molecule has 1 N–H and O–H groups in total. The van der Waals surface area contributed by atoms with Crippen LogP contribution >= 0.6 is 11.6 Å². The average Bonchev–Trinajstić information content (AvgIpc) is 2.99. The van der Waals surface area contributed by atoms with E-state index in [4.69, 9.17) is 11.6 Å². The van der Waals surface area contributed by atoms with Crippen molar-refractivity contribution >= 4 is 17.3 Å². The van der Waals surface area contributed by atoms with E-state index >= 15 is 0 Å². The summed E-state index contributed by atoms with van der Waals surface area (Å²) >= 11 is 5.75. The molecule has 0 amide bonds. The van der Waals surface area contributed by atoms with E-state index < -0.39 is 4.92 Å². The van der Waals surface area contributed by atoms with Gasteiger partial charge in [-0.1, -0.05) is 24.6 Å². The van der Waals surface area contributed by atoms with Gasteiger partial charge in [-0.15, -0.1) is 0 Å². The van der Waals surface area contributed by atoms with Gasteiger partial charge in [0.05, 0.1) is 4.92 Å². The third-order valence-corrected chi connectivity index (χ3v) is 3.51. The number of hydrogen-bond donors (Lipinski definition) is 1. The number of halogens is 1. The van der Waals surface area contributed by atoms with E-state index in [0.29, 0.717) is 12.0 Å². The Morgan fingerprint density at radius 1 is 1.53 bits per heavy atom. The van der Waals surface area contributed by atoms with E-state index in [1.807, 2.05) is 6.07 Å². The molecule has 2 rings (SSSR count). The summed E-state index contributed by atoms with van der Waals surface area (Å²) in [5.41, 5.74) is 1.31. The molecule has 0 saturated heterocycles. The summed E-state index contributed by atoms with van der Waals surface area (Å²) < 4.78 is 0. The molecule has 1 aliphatic rings. The summed E-state index contributed by atoms with van der Waals surface area (Å²) in [6, 6.07) is 4.93. The second kappa shape index (κ2) is 4.63. The standard InChI is InChI=1S/C12H15ClN2O2/c1-12(4-5-12)8-14-7-9-2-3-10(13)11(6-9)15(16)17/h2-3,6,14H,4-5,7-8H2,1H3. The van der Waals surface area contributed by atoms with Crippen molar-refractivity contribution in [2.45, 2.75) is 26.3 Å². The summed E-state index contributed by atoms with van der Waals surface area (Å²) in [5, 5.41) is 14.2. The minimum atomic E-state index is -0.450. The summed E-state index contributed by atoms with van der Waals surface area (Å²) in [7, 11) is 0. The molecule has 0 aromatic heterocycles. The van der Waals surface area contributed by atoms with E-state index in [1.54, 1.807) is 6.07 Å². The highest BCUT2D eigenvalue weighted by Crippen LogP contribution is 2.44. The van der Waals surface area contributed by atoms with Crippen LogP contribution in [0.3, 0.4) is 0 Å². The lowest BCUT2D eigenvalue weighted by atomic mass is 10.1. The van der Waals surface area contributed by atoms with Gasteiger partial charge in [0.1, 0.15) is 5.02 Å². The highest BCUT2D eigenvalue weighted by Gasteiger charge is 2.36. The molecule has 1 aromatic carbocycles. The van der Waals surface area contributed by atoms with Gasteiger partial charge < -0.3 is 5.32 Å². The Morgan fingerprint density at radius 3 is 2.82 bits per heavy atom. The Labute approximate surface area is 105 Å². The first-order chi connectivity index (χ1) is 8.00. The van der Waals surface area contributed by atoms with Crippen LogP contribution in [-0.4, -0.2) is 11.5 Å². The van der Waals surface area contributed by atoms with Crippen LogP contribution in [-0.2, 0) is 6.54 Å². The molecule has 1 aromatic rings. The van der Waals surface area contributed by atoms with Crippen LogP contribution in [0.15, 0.2) is 18.2 Å². The molecule has 0 radical (unpaired) electrons. The van der Waals surface area contributed by atoms with E-state index in [0.717, 1.165) is 12.1 Å². The molecule has 0 spiro atoms. The molecular weight excluding hydrogens is 240 g/mol. The van der Waals surface area contributed by atoms with Crippen molar-refractivity contribution in [2.24, 2.45) is 5.41 Å². The first-order valence-electron chi connectivity index (χ1n) is 5.64. The number of nitro benzene ring substituents is 1. The summed E-state index contributed by atoms with van der Waals surface area (Å²) in [6.07, 6.45) is 2.53. The highest BCUT2D eigenvalue weighted by atomic mass is 35.5. The fourth-order valence-electron chi connectivity index (χ4n) is 1.71. The van der Waals surface area contributed by atoms with Gasteiger partial charge in [-0.2, -0.15) is 0 Å². The van der Waals surface area contributed by atoms with Crippen molar-refractivity contribution in [3.8, 4) is 0 Å². The second-order valence-electron chi connectivity index (χ2n) is 4.96. The van der Waals surface area contributed by atoms with E-state index in [-0.39, 0.29) is 10.7 Å². The Balaban J connectivity index is 1.96. The Hall–Kier alpha value is -1.13. The molecule has 4 nitrogen and oxygen atoms in total. The van der Waals surface area contributed by atoms with Crippen molar-refractivity contribution in [3.05, 3.63) is 38.9 Å². The van der Waals surface area contributed by atoms with E-state index in [9.17, 15) is 10.1 Å². The third-order valence-electron chi connectivity index (χ3n) is 3.19. The monoisotopic (exact) mass is 254 g/mol. The van der Waals surface area contributed by atoms with Crippen LogP contribution in [0.1, 0.15) is 25.3 Å². The molecular formula is C12H15ClN2O2. The fraction of sp³-hybridized carbons (Fsp3) is 0.500. The van der Waals surface area contributed by atoms with Gasteiger partial charge in [0.25, 0.3) is 5.69 Å². The number of hydrogen-bond acceptors (Lipinski definition) is 3. The summed E-state index contributed by atoms with van der Waals surface area (Å²) in [4.78, 5) is 10.3. The second-order valence-corrected chi connectivity index (χ2v) is 5.36. The van der Waals surface area contributed by atoms with Crippen LogP contribution < -0.4 is 5.32 Å². The molecule has 0 unspecified atom stereocenters. The van der Waals surface area contributed by atoms with Crippen LogP contribution in [0.2, 0.25) is 5.02 Å². The predicted octanol–water partition coefficient (Wildman–Crippen LogP) is 3.14. The number of rotatable bonds is 5. The molecule has 0 aliphatic heterocycles. The molecule has 1 saturated carbocycles. The van der Waals surface area contributed by atoms with Gasteiger partial charge >= 0.3 is 0 Å². The molecule has 1 fully saturated rings.